The van der Waals surface area contributed by atoms with E-state index in [4.69, 9.17) is 0 Å². The summed E-state index contributed by atoms with van der Waals surface area (Å²) in [5.41, 5.74) is 1.21. The maximum Gasteiger partial charge on any atom is 0.232 e. The number of carbonyl (C=O) groups is 1. The summed E-state index contributed by atoms with van der Waals surface area (Å²) < 4.78 is 1.08. The standard InChI is InChI=1S/C15H21BrN2OS.ClH/c1-11-9-12(16)3-4-14(11)20-10-15(19)18(2)13-5-7-17-8-6-13;/h3-4,9,13,17H,5-8,10H2,1-2H3;1H. The highest BCUT2D eigenvalue weighted by Gasteiger charge is 2.21. The van der Waals surface area contributed by atoms with Crippen LogP contribution in [0.3, 0.4) is 0 Å². The van der Waals surface area contributed by atoms with Crippen molar-refractivity contribution in [3.8, 4) is 0 Å². The second-order valence-corrected chi connectivity index (χ2v) is 7.12. The van der Waals surface area contributed by atoms with Crippen LogP contribution in [0.2, 0.25) is 0 Å². The van der Waals surface area contributed by atoms with Crippen molar-refractivity contribution in [3.63, 3.8) is 0 Å². The third kappa shape index (κ3) is 5.47. The Morgan fingerprint density at radius 3 is 2.71 bits per heavy atom. The van der Waals surface area contributed by atoms with Crippen molar-refractivity contribution in [2.45, 2.75) is 30.7 Å². The van der Waals surface area contributed by atoms with Crippen LogP contribution in [0.5, 0.6) is 0 Å². The fraction of sp³-hybridized carbons (Fsp3) is 0.533. The molecule has 3 nitrogen and oxygen atoms in total. The van der Waals surface area contributed by atoms with E-state index in [2.05, 4.69) is 40.3 Å². The summed E-state index contributed by atoms with van der Waals surface area (Å²) in [5.74, 6) is 0.743. The molecule has 1 aromatic carbocycles. The molecule has 0 saturated carbocycles. The van der Waals surface area contributed by atoms with Crippen LogP contribution in [-0.4, -0.2) is 42.7 Å². The summed E-state index contributed by atoms with van der Waals surface area (Å²) in [6.45, 7) is 4.11. The molecule has 0 aromatic heterocycles. The number of amides is 1. The van der Waals surface area contributed by atoms with E-state index in [1.165, 1.54) is 10.5 Å². The highest BCUT2D eigenvalue weighted by atomic mass is 79.9. The molecule has 6 heteroatoms. The van der Waals surface area contributed by atoms with Crippen molar-refractivity contribution in [1.29, 1.82) is 0 Å². The van der Waals surface area contributed by atoms with Gasteiger partial charge in [-0.05, 0) is 56.6 Å². The number of hydrogen-bond acceptors (Lipinski definition) is 3. The number of rotatable bonds is 4. The summed E-state index contributed by atoms with van der Waals surface area (Å²) in [6.07, 6.45) is 2.12. The number of carbonyl (C=O) groups excluding carboxylic acids is 1. The van der Waals surface area contributed by atoms with Gasteiger partial charge in [0, 0.05) is 22.5 Å². The number of nitrogens with one attached hydrogen (secondary N) is 1. The van der Waals surface area contributed by atoms with Gasteiger partial charge in [-0.3, -0.25) is 4.79 Å². The van der Waals surface area contributed by atoms with E-state index < -0.39 is 0 Å². The quantitative estimate of drug-likeness (QED) is 0.795. The normalized spacial score (nSPS) is 15.4. The molecule has 1 aliphatic heterocycles. The molecule has 1 amide bonds. The number of aryl methyl sites for hydroxylation is 1. The Kier molecular flexibility index (Phi) is 8.09. The molecule has 0 radical (unpaired) electrons. The highest BCUT2D eigenvalue weighted by Crippen LogP contribution is 2.25. The zero-order valence-corrected chi connectivity index (χ0v) is 15.6. The Labute approximate surface area is 145 Å². The van der Waals surface area contributed by atoms with Crippen LogP contribution in [-0.2, 0) is 4.79 Å². The minimum atomic E-state index is 0. The van der Waals surface area contributed by atoms with Crippen LogP contribution >= 0.6 is 40.1 Å². The van der Waals surface area contributed by atoms with Gasteiger partial charge in [0.25, 0.3) is 0 Å². The Balaban J connectivity index is 0.00000220. The fourth-order valence-electron chi connectivity index (χ4n) is 2.41. The molecule has 0 aliphatic carbocycles. The number of thioether (sulfide) groups is 1. The Bertz CT molecular complexity index is 481. The fourth-order valence-corrected chi connectivity index (χ4v) is 3.82. The topological polar surface area (TPSA) is 32.3 Å². The number of hydrogen-bond donors (Lipinski definition) is 1. The Morgan fingerprint density at radius 1 is 1.43 bits per heavy atom. The van der Waals surface area contributed by atoms with Gasteiger partial charge in [0.1, 0.15) is 0 Å². The van der Waals surface area contributed by atoms with Gasteiger partial charge in [0.05, 0.1) is 5.75 Å². The lowest BCUT2D eigenvalue weighted by molar-refractivity contribution is -0.129. The van der Waals surface area contributed by atoms with Crippen LogP contribution in [0, 0.1) is 6.92 Å². The zero-order valence-electron chi connectivity index (χ0n) is 12.4. The van der Waals surface area contributed by atoms with E-state index in [0.717, 1.165) is 30.4 Å². The predicted octanol–water partition coefficient (Wildman–Crippen LogP) is 3.48. The molecule has 21 heavy (non-hydrogen) atoms. The van der Waals surface area contributed by atoms with Crippen molar-refractivity contribution < 1.29 is 4.79 Å². The van der Waals surface area contributed by atoms with E-state index in [0.29, 0.717) is 11.8 Å². The Morgan fingerprint density at radius 2 is 2.10 bits per heavy atom. The minimum absolute atomic E-state index is 0. The second kappa shape index (κ2) is 9.03. The third-order valence-electron chi connectivity index (χ3n) is 3.74. The van der Waals surface area contributed by atoms with E-state index in [1.807, 2.05) is 18.0 Å². The molecule has 1 saturated heterocycles. The average Bonchev–Trinajstić information content (AvgIpc) is 2.46. The molecular formula is C15H22BrClN2OS. The lowest BCUT2D eigenvalue weighted by Gasteiger charge is -2.31. The van der Waals surface area contributed by atoms with Crippen LogP contribution in [0.1, 0.15) is 18.4 Å². The first-order valence-electron chi connectivity index (χ1n) is 6.93. The van der Waals surface area contributed by atoms with Gasteiger partial charge < -0.3 is 10.2 Å². The van der Waals surface area contributed by atoms with E-state index in [1.54, 1.807) is 11.8 Å². The molecular weight excluding hydrogens is 372 g/mol. The van der Waals surface area contributed by atoms with Gasteiger partial charge in [0.2, 0.25) is 5.91 Å². The minimum Gasteiger partial charge on any atom is -0.342 e. The monoisotopic (exact) mass is 392 g/mol. The van der Waals surface area contributed by atoms with Gasteiger partial charge in [-0.1, -0.05) is 15.9 Å². The number of piperidine rings is 1. The van der Waals surface area contributed by atoms with Gasteiger partial charge in [0.15, 0.2) is 0 Å². The first kappa shape index (κ1) is 18.8. The van der Waals surface area contributed by atoms with Crippen molar-refractivity contribution in [2.75, 3.05) is 25.9 Å². The lowest BCUT2D eigenvalue weighted by atomic mass is 10.1. The van der Waals surface area contributed by atoms with Crippen molar-refractivity contribution in [2.24, 2.45) is 0 Å². The molecule has 0 bridgehead atoms. The molecule has 118 valence electrons. The molecule has 1 N–H and O–H groups in total. The van der Waals surface area contributed by atoms with Gasteiger partial charge in [-0.25, -0.2) is 0 Å². The number of nitrogens with zero attached hydrogens (tertiary/aromatic N) is 1. The summed E-state index contributed by atoms with van der Waals surface area (Å²) in [4.78, 5) is 15.4. The second-order valence-electron chi connectivity index (χ2n) is 5.18. The smallest absolute Gasteiger partial charge is 0.232 e. The van der Waals surface area contributed by atoms with E-state index in [-0.39, 0.29) is 18.3 Å². The summed E-state index contributed by atoms with van der Waals surface area (Å²) in [5, 5.41) is 3.33. The summed E-state index contributed by atoms with van der Waals surface area (Å²) in [6, 6.07) is 6.58. The number of benzene rings is 1. The maximum absolute atomic E-state index is 12.3. The zero-order chi connectivity index (χ0) is 14.5. The number of halogens is 2. The van der Waals surface area contributed by atoms with Crippen molar-refractivity contribution in [3.05, 3.63) is 28.2 Å². The van der Waals surface area contributed by atoms with Gasteiger partial charge >= 0.3 is 0 Å². The van der Waals surface area contributed by atoms with E-state index in [9.17, 15) is 4.79 Å². The molecule has 1 aliphatic rings. The van der Waals surface area contributed by atoms with Crippen LogP contribution < -0.4 is 5.32 Å². The summed E-state index contributed by atoms with van der Waals surface area (Å²) >= 11 is 5.09. The van der Waals surface area contributed by atoms with Crippen molar-refractivity contribution >= 4 is 46.0 Å². The SMILES string of the molecule is Cc1cc(Br)ccc1SCC(=O)N(C)C1CCNCC1.Cl. The van der Waals surface area contributed by atoms with E-state index >= 15 is 0 Å². The van der Waals surface area contributed by atoms with Gasteiger partial charge in [-0.2, -0.15) is 0 Å². The van der Waals surface area contributed by atoms with Crippen LogP contribution in [0.4, 0.5) is 0 Å². The third-order valence-corrected chi connectivity index (χ3v) is 5.39. The first-order valence-corrected chi connectivity index (χ1v) is 8.71. The van der Waals surface area contributed by atoms with Crippen LogP contribution in [0.25, 0.3) is 0 Å². The first-order chi connectivity index (χ1) is 9.58. The highest BCUT2D eigenvalue weighted by molar-refractivity contribution is 9.10. The Hall–Kier alpha value is -0.230. The molecule has 0 unspecified atom stereocenters. The average molecular weight is 394 g/mol. The maximum atomic E-state index is 12.3. The molecule has 1 fully saturated rings. The lowest BCUT2D eigenvalue weighted by Crippen LogP contribution is -2.44. The summed E-state index contributed by atoms with van der Waals surface area (Å²) in [7, 11) is 1.94. The molecule has 1 heterocycles. The predicted molar refractivity (Wildman–Crippen MR) is 95.5 cm³/mol. The van der Waals surface area contributed by atoms with Crippen LogP contribution in [0.15, 0.2) is 27.6 Å². The molecule has 1 aromatic rings. The molecule has 0 atom stereocenters. The van der Waals surface area contributed by atoms with Gasteiger partial charge in [-0.15, -0.1) is 24.2 Å². The largest absolute Gasteiger partial charge is 0.342 e. The molecule has 0 spiro atoms. The van der Waals surface area contributed by atoms with Crippen molar-refractivity contribution in [1.82, 2.24) is 10.2 Å². The molecule has 2 rings (SSSR count).